The normalized spacial score (nSPS) is 14.8. The molecule has 0 unspecified atom stereocenters. The summed E-state index contributed by atoms with van der Waals surface area (Å²) in [7, 11) is 0. The maximum absolute atomic E-state index is 12.9. The van der Waals surface area contributed by atoms with Crippen molar-refractivity contribution in [1.82, 2.24) is 4.90 Å². The van der Waals surface area contributed by atoms with Crippen LogP contribution < -0.4 is 10.1 Å². The Balaban J connectivity index is 1.39. The monoisotopic (exact) mass is 668 g/mol. The number of thioether (sulfide) groups is 1. The molecule has 0 radical (unpaired) electrons. The molecule has 0 spiro atoms. The molecule has 0 aromatic heterocycles. The summed E-state index contributed by atoms with van der Waals surface area (Å²) < 4.78 is 46.1. The fourth-order valence-electron chi connectivity index (χ4n) is 3.37. The van der Waals surface area contributed by atoms with Gasteiger partial charge < -0.3 is 10.1 Å². The number of halogens is 5. The minimum absolute atomic E-state index is 0.0976. The van der Waals surface area contributed by atoms with E-state index in [4.69, 9.17) is 4.74 Å². The highest BCUT2D eigenvalue weighted by Crippen LogP contribution is 2.34. The van der Waals surface area contributed by atoms with Gasteiger partial charge in [-0.2, -0.15) is 13.2 Å². The maximum Gasteiger partial charge on any atom is 0.416 e. The first-order valence-corrected chi connectivity index (χ1v) is 13.3. The van der Waals surface area contributed by atoms with Gasteiger partial charge in [-0.25, -0.2) is 0 Å². The van der Waals surface area contributed by atoms with E-state index in [1.165, 1.54) is 12.1 Å². The number of carbonyl (C=O) groups excluding carboxylic acids is 3. The Bertz CT molecular complexity index is 1430. The number of carbonyl (C=O) groups is 3. The van der Waals surface area contributed by atoms with E-state index in [1.807, 2.05) is 24.3 Å². The van der Waals surface area contributed by atoms with Crippen molar-refractivity contribution >= 4 is 72.4 Å². The van der Waals surface area contributed by atoms with Crippen LogP contribution in [0.25, 0.3) is 6.08 Å². The fraction of sp³-hybridized carbons (Fsp3) is 0.115. The standard InChI is InChI=1S/C26H17Br2F3N2O4S/c27-18-7-4-15(5-8-18)14-37-21-9-6-16(10-20(21)28)11-22-24(35)33(25(36)38-22)13-23(34)32-19-3-1-2-17(12-19)26(29,30)31/h1-12H,13-14H2,(H,32,34)/b22-11-. The second kappa shape index (κ2) is 11.7. The molecular weight excluding hydrogens is 653 g/mol. The molecule has 3 aromatic carbocycles. The molecule has 196 valence electrons. The zero-order chi connectivity index (χ0) is 27.4. The predicted octanol–water partition coefficient (Wildman–Crippen LogP) is 7.48. The van der Waals surface area contributed by atoms with Gasteiger partial charge in [-0.3, -0.25) is 19.3 Å². The van der Waals surface area contributed by atoms with E-state index in [0.29, 0.717) is 34.2 Å². The van der Waals surface area contributed by atoms with Gasteiger partial charge in [-0.15, -0.1) is 0 Å². The molecule has 1 N–H and O–H groups in total. The maximum atomic E-state index is 12.9. The number of imide groups is 1. The highest BCUT2D eigenvalue weighted by molar-refractivity contribution is 9.10. The summed E-state index contributed by atoms with van der Waals surface area (Å²) in [6.45, 7) is -0.280. The van der Waals surface area contributed by atoms with Gasteiger partial charge in [0.25, 0.3) is 11.1 Å². The molecule has 4 rings (SSSR count). The number of benzene rings is 3. The quantitative estimate of drug-likeness (QED) is 0.264. The molecule has 3 aromatic rings. The Morgan fingerprint density at radius 2 is 1.76 bits per heavy atom. The minimum atomic E-state index is -4.57. The van der Waals surface area contributed by atoms with E-state index in [9.17, 15) is 27.6 Å². The Morgan fingerprint density at radius 3 is 2.45 bits per heavy atom. The average Bonchev–Trinajstić information content (AvgIpc) is 3.11. The fourth-order valence-corrected chi connectivity index (χ4v) is 4.98. The summed E-state index contributed by atoms with van der Waals surface area (Å²) in [5, 5.41) is 1.63. The van der Waals surface area contributed by atoms with Crippen molar-refractivity contribution in [3.63, 3.8) is 0 Å². The molecule has 1 aliphatic heterocycles. The Hall–Kier alpha value is -3.09. The minimum Gasteiger partial charge on any atom is -0.488 e. The van der Waals surface area contributed by atoms with E-state index in [0.717, 1.165) is 33.1 Å². The topological polar surface area (TPSA) is 75.7 Å². The van der Waals surface area contributed by atoms with Crippen molar-refractivity contribution in [2.24, 2.45) is 0 Å². The van der Waals surface area contributed by atoms with E-state index >= 15 is 0 Å². The van der Waals surface area contributed by atoms with Crippen LogP contribution in [0, 0.1) is 0 Å². The molecule has 12 heteroatoms. The van der Waals surface area contributed by atoms with E-state index < -0.39 is 35.3 Å². The summed E-state index contributed by atoms with van der Waals surface area (Å²) in [4.78, 5) is 38.4. The molecular formula is C26H17Br2F3N2O4S. The van der Waals surface area contributed by atoms with Gasteiger partial charge >= 0.3 is 6.18 Å². The molecule has 1 heterocycles. The Labute approximate surface area is 236 Å². The lowest BCUT2D eigenvalue weighted by atomic mass is 10.2. The van der Waals surface area contributed by atoms with Crippen molar-refractivity contribution in [2.45, 2.75) is 12.8 Å². The lowest BCUT2D eigenvalue weighted by Gasteiger charge is -2.13. The van der Waals surface area contributed by atoms with Crippen LogP contribution in [0.1, 0.15) is 16.7 Å². The largest absolute Gasteiger partial charge is 0.488 e. The first kappa shape index (κ1) is 27.9. The molecule has 38 heavy (non-hydrogen) atoms. The lowest BCUT2D eigenvalue weighted by Crippen LogP contribution is -2.36. The van der Waals surface area contributed by atoms with Crippen LogP contribution in [-0.2, 0) is 22.4 Å². The number of nitrogens with one attached hydrogen (secondary N) is 1. The average molecular weight is 670 g/mol. The SMILES string of the molecule is O=C(CN1C(=O)S/C(=C\c2ccc(OCc3ccc(Br)cc3)c(Br)c2)C1=O)Nc1cccc(C(F)(F)F)c1. The number of hydrogen-bond acceptors (Lipinski definition) is 5. The second-order valence-corrected chi connectivity index (χ2v) is 10.8. The number of anilines is 1. The summed E-state index contributed by atoms with van der Waals surface area (Å²) in [5.74, 6) is -0.891. The van der Waals surface area contributed by atoms with Crippen LogP contribution >= 0.6 is 43.6 Å². The molecule has 0 bridgehead atoms. The van der Waals surface area contributed by atoms with Crippen LogP contribution in [0.3, 0.4) is 0 Å². The van der Waals surface area contributed by atoms with Crippen molar-refractivity contribution in [2.75, 3.05) is 11.9 Å². The summed E-state index contributed by atoms with van der Waals surface area (Å²) in [5.41, 5.74) is 0.571. The van der Waals surface area contributed by atoms with Crippen molar-refractivity contribution in [3.05, 3.63) is 97.3 Å². The molecule has 1 fully saturated rings. The molecule has 3 amide bonds. The number of amides is 3. The highest BCUT2D eigenvalue weighted by atomic mass is 79.9. The lowest BCUT2D eigenvalue weighted by molar-refractivity contribution is -0.137. The third kappa shape index (κ3) is 7.06. The Kier molecular flexibility index (Phi) is 8.64. The zero-order valence-electron chi connectivity index (χ0n) is 19.2. The summed E-state index contributed by atoms with van der Waals surface area (Å²) >= 11 is 7.50. The number of ether oxygens (including phenoxy) is 1. The first-order valence-electron chi connectivity index (χ1n) is 10.9. The van der Waals surface area contributed by atoms with Gasteiger partial charge in [0.1, 0.15) is 18.9 Å². The van der Waals surface area contributed by atoms with Gasteiger partial charge in [0.15, 0.2) is 0 Å². The van der Waals surface area contributed by atoms with Crippen molar-refractivity contribution in [3.8, 4) is 5.75 Å². The molecule has 1 saturated heterocycles. The van der Waals surface area contributed by atoms with E-state index in [2.05, 4.69) is 37.2 Å². The van der Waals surface area contributed by atoms with Gasteiger partial charge in [0.2, 0.25) is 5.91 Å². The van der Waals surface area contributed by atoms with Gasteiger partial charge in [-0.1, -0.05) is 40.2 Å². The first-order chi connectivity index (χ1) is 18.0. The smallest absolute Gasteiger partial charge is 0.416 e. The number of hydrogen-bond donors (Lipinski definition) is 1. The molecule has 0 aliphatic carbocycles. The zero-order valence-corrected chi connectivity index (χ0v) is 23.2. The summed E-state index contributed by atoms with van der Waals surface area (Å²) in [6.07, 6.45) is -3.06. The molecule has 1 aliphatic rings. The second-order valence-electron chi connectivity index (χ2n) is 8.00. The van der Waals surface area contributed by atoms with Crippen molar-refractivity contribution in [1.29, 1.82) is 0 Å². The number of rotatable bonds is 7. The van der Waals surface area contributed by atoms with Gasteiger partial charge in [0, 0.05) is 10.2 Å². The van der Waals surface area contributed by atoms with E-state index in [-0.39, 0.29) is 10.6 Å². The number of nitrogens with zero attached hydrogens (tertiary/aromatic N) is 1. The summed E-state index contributed by atoms with van der Waals surface area (Å²) in [6, 6.07) is 16.9. The molecule has 0 atom stereocenters. The van der Waals surface area contributed by atoms with E-state index in [1.54, 1.807) is 18.2 Å². The third-order valence-electron chi connectivity index (χ3n) is 5.21. The van der Waals surface area contributed by atoms with Crippen LogP contribution in [0.5, 0.6) is 5.75 Å². The van der Waals surface area contributed by atoms with Crippen molar-refractivity contribution < 1.29 is 32.3 Å². The van der Waals surface area contributed by atoms with Crippen LogP contribution in [0.2, 0.25) is 0 Å². The van der Waals surface area contributed by atoms with Crippen LogP contribution in [0.15, 0.2) is 80.6 Å². The Morgan fingerprint density at radius 1 is 1.03 bits per heavy atom. The molecule has 0 saturated carbocycles. The predicted molar refractivity (Wildman–Crippen MR) is 145 cm³/mol. The molecule has 6 nitrogen and oxygen atoms in total. The third-order valence-corrected chi connectivity index (χ3v) is 7.27. The van der Waals surface area contributed by atoms with Crippen LogP contribution in [-0.4, -0.2) is 28.5 Å². The number of alkyl halides is 3. The van der Waals surface area contributed by atoms with Gasteiger partial charge in [-0.05, 0) is 87.4 Å². The van der Waals surface area contributed by atoms with Gasteiger partial charge in [0.05, 0.1) is 14.9 Å². The highest BCUT2D eigenvalue weighted by Gasteiger charge is 2.36. The van der Waals surface area contributed by atoms with Crippen LogP contribution in [0.4, 0.5) is 23.7 Å².